The number of ether oxygens (including phenoxy) is 1. The number of hydrogen-bond acceptors (Lipinski definition) is 5. The number of aromatic nitrogens is 1. The van der Waals surface area contributed by atoms with Crippen LogP contribution in [0.5, 0.6) is 5.75 Å². The number of carbonyl (C=O) groups excluding carboxylic acids is 1. The number of amides is 1. The van der Waals surface area contributed by atoms with E-state index >= 15 is 0 Å². The Morgan fingerprint density at radius 2 is 2.00 bits per heavy atom. The van der Waals surface area contributed by atoms with Gasteiger partial charge in [-0.3, -0.25) is 4.79 Å². The minimum atomic E-state index is 0.192. The normalized spacial score (nSPS) is 14.9. The average molecular weight is 331 g/mol. The van der Waals surface area contributed by atoms with Crippen molar-refractivity contribution in [2.75, 3.05) is 38.2 Å². The number of hydrogen-bond donors (Lipinski definition) is 0. The van der Waals surface area contributed by atoms with Gasteiger partial charge in [0.15, 0.2) is 0 Å². The van der Waals surface area contributed by atoms with E-state index in [1.807, 2.05) is 30.0 Å². The molecule has 1 fully saturated rings. The summed E-state index contributed by atoms with van der Waals surface area (Å²) in [6.45, 7) is 5.10. The topological polar surface area (TPSA) is 45.7 Å². The molecule has 122 valence electrons. The van der Waals surface area contributed by atoms with E-state index in [4.69, 9.17) is 4.74 Å². The first-order chi connectivity index (χ1) is 11.2. The summed E-state index contributed by atoms with van der Waals surface area (Å²) >= 11 is 1.56. The Kier molecular flexibility index (Phi) is 4.81. The van der Waals surface area contributed by atoms with Crippen LogP contribution in [0.15, 0.2) is 29.8 Å². The Morgan fingerprint density at radius 1 is 1.26 bits per heavy atom. The molecule has 0 saturated carbocycles. The van der Waals surface area contributed by atoms with Gasteiger partial charge in [0.05, 0.1) is 30.4 Å². The zero-order valence-corrected chi connectivity index (χ0v) is 14.3. The molecule has 0 unspecified atom stereocenters. The van der Waals surface area contributed by atoms with Crippen molar-refractivity contribution < 1.29 is 9.53 Å². The fourth-order valence-corrected chi connectivity index (χ4v) is 3.60. The predicted octanol–water partition coefficient (Wildman–Crippen LogP) is 2.35. The van der Waals surface area contributed by atoms with E-state index in [0.717, 1.165) is 48.2 Å². The minimum absolute atomic E-state index is 0.192. The van der Waals surface area contributed by atoms with Crippen molar-refractivity contribution in [2.24, 2.45) is 0 Å². The number of para-hydroxylation sites is 2. The Bertz CT molecular complexity index is 678. The van der Waals surface area contributed by atoms with Gasteiger partial charge >= 0.3 is 0 Å². The second-order valence-corrected chi connectivity index (χ2v) is 6.52. The van der Waals surface area contributed by atoms with Gasteiger partial charge in [-0.05, 0) is 19.1 Å². The molecular formula is C17H21N3O2S. The molecular weight excluding hydrogens is 310 g/mol. The van der Waals surface area contributed by atoms with Crippen LogP contribution in [-0.2, 0) is 11.2 Å². The van der Waals surface area contributed by atoms with Crippen LogP contribution in [0.2, 0.25) is 0 Å². The summed E-state index contributed by atoms with van der Waals surface area (Å²) < 4.78 is 5.43. The summed E-state index contributed by atoms with van der Waals surface area (Å²) in [4.78, 5) is 22.0. The predicted molar refractivity (Wildman–Crippen MR) is 92.3 cm³/mol. The third-order valence-electron chi connectivity index (χ3n) is 4.21. The van der Waals surface area contributed by atoms with Crippen molar-refractivity contribution in [3.8, 4) is 5.75 Å². The highest BCUT2D eigenvalue weighted by Gasteiger charge is 2.23. The molecule has 5 nitrogen and oxygen atoms in total. The lowest BCUT2D eigenvalue weighted by Crippen LogP contribution is -2.49. The number of thiazole rings is 1. The Labute approximate surface area is 140 Å². The van der Waals surface area contributed by atoms with Gasteiger partial charge in [0.1, 0.15) is 5.75 Å². The van der Waals surface area contributed by atoms with Gasteiger partial charge in [0.25, 0.3) is 0 Å². The van der Waals surface area contributed by atoms with E-state index in [9.17, 15) is 4.79 Å². The molecule has 0 radical (unpaired) electrons. The summed E-state index contributed by atoms with van der Waals surface area (Å²) in [6, 6.07) is 8.03. The molecule has 0 N–H and O–H groups in total. The van der Waals surface area contributed by atoms with Crippen molar-refractivity contribution in [1.29, 1.82) is 0 Å². The SMILES string of the molecule is COc1ccccc1N1CCN(C(=O)Cc2scnc2C)CC1. The maximum Gasteiger partial charge on any atom is 0.228 e. The van der Waals surface area contributed by atoms with E-state index < -0.39 is 0 Å². The van der Waals surface area contributed by atoms with Gasteiger partial charge < -0.3 is 14.5 Å². The molecule has 0 spiro atoms. The lowest BCUT2D eigenvalue weighted by atomic mass is 10.2. The Balaban J connectivity index is 1.60. The van der Waals surface area contributed by atoms with Crippen LogP contribution in [0.1, 0.15) is 10.6 Å². The highest BCUT2D eigenvalue weighted by molar-refractivity contribution is 7.09. The van der Waals surface area contributed by atoms with Gasteiger partial charge in [0, 0.05) is 31.1 Å². The zero-order valence-electron chi connectivity index (χ0n) is 13.5. The number of aryl methyl sites for hydroxylation is 1. The molecule has 1 amide bonds. The summed E-state index contributed by atoms with van der Waals surface area (Å²) in [5.74, 6) is 1.07. The first-order valence-electron chi connectivity index (χ1n) is 7.73. The number of nitrogens with zero attached hydrogens (tertiary/aromatic N) is 3. The molecule has 3 rings (SSSR count). The first-order valence-corrected chi connectivity index (χ1v) is 8.61. The molecule has 1 aromatic carbocycles. The molecule has 1 aliphatic rings. The summed E-state index contributed by atoms with van der Waals surface area (Å²) in [6.07, 6.45) is 0.463. The minimum Gasteiger partial charge on any atom is -0.495 e. The Hall–Kier alpha value is -2.08. The van der Waals surface area contributed by atoms with Crippen LogP contribution >= 0.6 is 11.3 Å². The lowest BCUT2D eigenvalue weighted by Gasteiger charge is -2.36. The van der Waals surface area contributed by atoms with Gasteiger partial charge in [-0.25, -0.2) is 4.98 Å². The smallest absolute Gasteiger partial charge is 0.228 e. The molecule has 2 aromatic rings. The fraction of sp³-hybridized carbons (Fsp3) is 0.412. The first kappa shape index (κ1) is 15.8. The maximum atomic E-state index is 12.4. The number of benzene rings is 1. The number of methoxy groups -OCH3 is 1. The van der Waals surface area contributed by atoms with Crippen LogP contribution in [-0.4, -0.2) is 49.1 Å². The van der Waals surface area contributed by atoms with E-state index in [0.29, 0.717) is 6.42 Å². The van der Waals surface area contributed by atoms with E-state index in [-0.39, 0.29) is 5.91 Å². The van der Waals surface area contributed by atoms with E-state index in [1.54, 1.807) is 24.0 Å². The van der Waals surface area contributed by atoms with Crippen LogP contribution < -0.4 is 9.64 Å². The summed E-state index contributed by atoms with van der Waals surface area (Å²) in [5.41, 5.74) is 3.87. The van der Waals surface area contributed by atoms with Crippen molar-refractivity contribution in [2.45, 2.75) is 13.3 Å². The highest BCUT2D eigenvalue weighted by atomic mass is 32.1. The molecule has 0 atom stereocenters. The molecule has 0 aliphatic carbocycles. The van der Waals surface area contributed by atoms with Crippen molar-refractivity contribution in [1.82, 2.24) is 9.88 Å². The monoisotopic (exact) mass is 331 g/mol. The Morgan fingerprint density at radius 3 is 2.65 bits per heavy atom. The van der Waals surface area contributed by atoms with Crippen LogP contribution in [0.3, 0.4) is 0 Å². The lowest BCUT2D eigenvalue weighted by molar-refractivity contribution is -0.130. The number of anilines is 1. The zero-order chi connectivity index (χ0) is 16.2. The largest absolute Gasteiger partial charge is 0.495 e. The molecule has 0 bridgehead atoms. The van der Waals surface area contributed by atoms with Crippen molar-refractivity contribution in [3.05, 3.63) is 40.3 Å². The second kappa shape index (κ2) is 7.00. The summed E-state index contributed by atoms with van der Waals surface area (Å²) in [7, 11) is 1.69. The number of carbonyl (C=O) groups is 1. The third kappa shape index (κ3) is 3.47. The molecule has 6 heteroatoms. The number of rotatable bonds is 4. The van der Waals surface area contributed by atoms with Crippen molar-refractivity contribution in [3.63, 3.8) is 0 Å². The average Bonchev–Trinajstić information content (AvgIpc) is 3.00. The van der Waals surface area contributed by atoms with Crippen LogP contribution in [0.4, 0.5) is 5.69 Å². The second-order valence-electron chi connectivity index (χ2n) is 5.58. The van der Waals surface area contributed by atoms with Gasteiger partial charge in [-0.2, -0.15) is 0 Å². The standard InChI is InChI=1S/C17H21N3O2S/c1-13-16(23-12-18-13)11-17(21)20-9-7-19(8-10-20)14-5-3-4-6-15(14)22-2/h3-6,12H,7-11H2,1-2H3. The fourth-order valence-electron chi connectivity index (χ4n) is 2.83. The third-order valence-corrected chi connectivity index (χ3v) is 5.15. The molecule has 2 heterocycles. The van der Waals surface area contributed by atoms with Gasteiger partial charge in [0.2, 0.25) is 5.91 Å². The molecule has 1 aliphatic heterocycles. The molecule has 1 aromatic heterocycles. The quantitative estimate of drug-likeness (QED) is 0.863. The van der Waals surface area contributed by atoms with Gasteiger partial charge in [-0.1, -0.05) is 12.1 Å². The van der Waals surface area contributed by atoms with E-state index in [2.05, 4.69) is 16.0 Å². The number of piperazine rings is 1. The van der Waals surface area contributed by atoms with E-state index in [1.165, 1.54) is 0 Å². The van der Waals surface area contributed by atoms with Crippen LogP contribution in [0, 0.1) is 6.92 Å². The van der Waals surface area contributed by atoms with Crippen LogP contribution in [0.25, 0.3) is 0 Å². The molecule has 23 heavy (non-hydrogen) atoms. The van der Waals surface area contributed by atoms with Gasteiger partial charge in [-0.15, -0.1) is 11.3 Å². The summed E-state index contributed by atoms with van der Waals surface area (Å²) in [5, 5.41) is 0. The van der Waals surface area contributed by atoms with Crippen molar-refractivity contribution >= 4 is 22.9 Å². The molecule has 1 saturated heterocycles. The maximum absolute atomic E-state index is 12.4. The highest BCUT2D eigenvalue weighted by Crippen LogP contribution is 2.28.